The summed E-state index contributed by atoms with van der Waals surface area (Å²) in [5.41, 5.74) is 1.41. The van der Waals surface area contributed by atoms with Crippen LogP contribution in [0.25, 0.3) is 16.6 Å². The number of anilines is 2. The van der Waals surface area contributed by atoms with Crippen LogP contribution in [0.4, 0.5) is 24.5 Å². The van der Waals surface area contributed by atoms with Crippen LogP contribution in [-0.4, -0.2) is 47.5 Å². The first-order chi connectivity index (χ1) is 18.7. The molecule has 1 fully saturated rings. The zero-order valence-corrected chi connectivity index (χ0v) is 21.8. The summed E-state index contributed by atoms with van der Waals surface area (Å²) in [4.78, 5) is 33.1. The number of thioether (sulfide) groups is 1. The van der Waals surface area contributed by atoms with Gasteiger partial charge in [0.15, 0.2) is 5.16 Å². The van der Waals surface area contributed by atoms with Crippen molar-refractivity contribution in [2.75, 3.05) is 42.3 Å². The summed E-state index contributed by atoms with van der Waals surface area (Å²) >= 11 is 1.04. The Morgan fingerprint density at radius 1 is 1.03 bits per heavy atom. The molecule has 0 radical (unpaired) electrons. The molecule has 0 spiro atoms. The van der Waals surface area contributed by atoms with Gasteiger partial charge in [-0.15, -0.1) is 0 Å². The van der Waals surface area contributed by atoms with E-state index in [1.807, 2.05) is 30.0 Å². The second-order valence-corrected chi connectivity index (χ2v) is 9.95. The number of nitrogens with one attached hydrogen (secondary N) is 1. The Morgan fingerprint density at radius 2 is 1.74 bits per heavy atom. The van der Waals surface area contributed by atoms with E-state index in [2.05, 4.69) is 10.3 Å². The van der Waals surface area contributed by atoms with Crippen molar-refractivity contribution < 1.29 is 22.7 Å². The zero-order chi connectivity index (χ0) is 27.6. The molecule has 1 aliphatic rings. The summed E-state index contributed by atoms with van der Waals surface area (Å²) in [6.07, 6.45) is -4.56. The molecule has 11 heteroatoms. The minimum absolute atomic E-state index is 0.0695. The molecule has 0 aliphatic carbocycles. The number of aromatic nitrogens is 2. The van der Waals surface area contributed by atoms with Gasteiger partial charge in [0.1, 0.15) is 0 Å². The lowest BCUT2D eigenvalue weighted by molar-refractivity contribution is -0.137. The fourth-order valence-corrected chi connectivity index (χ4v) is 5.25. The maximum Gasteiger partial charge on any atom is 0.416 e. The standard InChI is InChI=1S/C28H25F3N4O3S/c1-18-6-2-5-9-23(18)35-26(37)20-7-3-4-8-21(20)33-27(35)39-17-25(36)32-22-16-19(28(29,30)31)10-11-24(22)34-12-14-38-15-13-34/h2-11,16H,12-15,17H2,1H3,(H,32,36). The lowest BCUT2D eigenvalue weighted by atomic mass is 10.1. The molecule has 2 heterocycles. The van der Waals surface area contributed by atoms with Crippen molar-refractivity contribution in [2.24, 2.45) is 0 Å². The summed E-state index contributed by atoms with van der Waals surface area (Å²) in [6.45, 7) is 3.74. The van der Waals surface area contributed by atoms with Gasteiger partial charge in [0.05, 0.1) is 52.5 Å². The number of ether oxygens (including phenoxy) is 1. The van der Waals surface area contributed by atoms with E-state index in [-0.39, 0.29) is 17.0 Å². The van der Waals surface area contributed by atoms with E-state index in [0.29, 0.717) is 53.7 Å². The minimum Gasteiger partial charge on any atom is -0.378 e. The number of amides is 1. The van der Waals surface area contributed by atoms with Gasteiger partial charge in [-0.1, -0.05) is 42.1 Å². The van der Waals surface area contributed by atoms with Crippen molar-refractivity contribution in [3.8, 4) is 5.69 Å². The Balaban J connectivity index is 1.45. The maximum absolute atomic E-state index is 13.5. The third-order valence-corrected chi connectivity index (χ3v) is 7.32. The normalized spacial score (nSPS) is 14.0. The number of carbonyl (C=O) groups excluding carboxylic acids is 1. The van der Waals surface area contributed by atoms with Crippen LogP contribution in [0, 0.1) is 6.92 Å². The molecule has 5 rings (SSSR count). The van der Waals surface area contributed by atoms with Gasteiger partial charge >= 0.3 is 6.18 Å². The third-order valence-electron chi connectivity index (χ3n) is 6.38. The second-order valence-electron chi connectivity index (χ2n) is 9.00. The fourth-order valence-electron chi connectivity index (χ4n) is 4.44. The summed E-state index contributed by atoms with van der Waals surface area (Å²) in [5.74, 6) is -0.692. The van der Waals surface area contributed by atoms with Crippen LogP contribution in [0.15, 0.2) is 76.7 Å². The average molecular weight is 555 g/mol. The molecule has 0 unspecified atom stereocenters. The molecule has 1 aromatic heterocycles. The Morgan fingerprint density at radius 3 is 2.49 bits per heavy atom. The van der Waals surface area contributed by atoms with Crippen LogP contribution < -0.4 is 15.8 Å². The molecular weight excluding hydrogens is 529 g/mol. The molecular formula is C28H25F3N4O3S. The third kappa shape index (κ3) is 5.79. The quantitative estimate of drug-likeness (QED) is 0.258. The van der Waals surface area contributed by atoms with Crippen molar-refractivity contribution in [2.45, 2.75) is 18.3 Å². The van der Waals surface area contributed by atoms with E-state index in [1.165, 1.54) is 10.6 Å². The van der Waals surface area contributed by atoms with Crippen LogP contribution in [0.1, 0.15) is 11.1 Å². The molecule has 1 N–H and O–H groups in total. The molecule has 1 aliphatic heterocycles. The first-order valence-corrected chi connectivity index (χ1v) is 13.3. The lowest BCUT2D eigenvalue weighted by Crippen LogP contribution is -2.37. The van der Waals surface area contributed by atoms with Gasteiger partial charge in [0.25, 0.3) is 5.56 Å². The van der Waals surface area contributed by atoms with E-state index in [0.717, 1.165) is 29.5 Å². The van der Waals surface area contributed by atoms with Gasteiger partial charge in [0, 0.05) is 13.1 Å². The van der Waals surface area contributed by atoms with Crippen molar-refractivity contribution in [1.82, 2.24) is 9.55 Å². The molecule has 0 atom stereocenters. The number of morpholine rings is 1. The number of hydrogen-bond donors (Lipinski definition) is 1. The first kappa shape index (κ1) is 26.8. The molecule has 3 aromatic carbocycles. The highest BCUT2D eigenvalue weighted by Crippen LogP contribution is 2.36. The predicted molar refractivity (Wildman–Crippen MR) is 146 cm³/mol. The van der Waals surface area contributed by atoms with Crippen LogP contribution in [-0.2, 0) is 15.7 Å². The number of rotatable bonds is 6. The Hall–Kier alpha value is -3.83. The number of alkyl halides is 3. The summed E-state index contributed by atoms with van der Waals surface area (Å²) in [6, 6.07) is 17.6. The first-order valence-electron chi connectivity index (χ1n) is 12.3. The van der Waals surface area contributed by atoms with E-state index in [9.17, 15) is 22.8 Å². The topological polar surface area (TPSA) is 76.5 Å². The highest BCUT2D eigenvalue weighted by atomic mass is 32.2. The smallest absolute Gasteiger partial charge is 0.378 e. The van der Waals surface area contributed by atoms with E-state index >= 15 is 0 Å². The Kier molecular flexibility index (Phi) is 7.62. The Labute approximate surface area is 226 Å². The number of benzene rings is 3. The molecule has 1 amide bonds. The van der Waals surface area contributed by atoms with E-state index in [1.54, 1.807) is 30.3 Å². The monoisotopic (exact) mass is 554 g/mol. The van der Waals surface area contributed by atoms with Crippen LogP contribution >= 0.6 is 11.8 Å². The van der Waals surface area contributed by atoms with Gasteiger partial charge in [-0.05, 0) is 48.9 Å². The van der Waals surface area contributed by atoms with Crippen molar-refractivity contribution >= 4 is 39.9 Å². The average Bonchev–Trinajstić information content (AvgIpc) is 2.93. The largest absolute Gasteiger partial charge is 0.416 e. The number of fused-ring (bicyclic) bond motifs is 1. The van der Waals surface area contributed by atoms with Crippen molar-refractivity contribution in [3.05, 3.63) is 88.2 Å². The molecule has 202 valence electrons. The molecule has 39 heavy (non-hydrogen) atoms. The summed E-state index contributed by atoms with van der Waals surface area (Å²) in [5, 5.41) is 3.40. The molecule has 0 bridgehead atoms. The zero-order valence-electron chi connectivity index (χ0n) is 21.0. The van der Waals surface area contributed by atoms with Gasteiger partial charge in [-0.2, -0.15) is 13.2 Å². The number of para-hydroxylation sites is 2. The molecule has 4 aromatic rings. The highest BCUT2D eigenvalue weighted by Gasteiger charge is 2.32. The van der Waals surface area contributed by atoms with E-state index in [4.69, 9.17) is 4.74 Å². The van der Waals surface area contributed by atoms with Gasteiger partial charge in [-0.3, -0.25) is 14.2 Å². The molecule has 7 nitrogen and oxygen atoms in total. The summed E-state index contributed by atoms with van der Waals surface area (Å²) in [7, 11) is 0. The predicted octanol–water partition coefficient (Wildman–Crippen LogP) is 5.28. The highest BCUT2D eigenvalue weighted by molar-refractivity contribution is 7.99. The lowest BCUT2D eigenvalue weighted by Gasteiger charge is -2.31. The number of nitrogens with zero attached hydrogens (tertiary/aromatic N) is 3. The number of hydrogen-bond acceptors (Lipinski definition) is 6. The Bertz CT molecular complexity index is 1580. The summed E-state index contributed by atoms with van der Waals surface area (Å²) < 4.78 is 47.2. The minimum atomic E-state index is -4.56. The van der Waals surface area contributed by atoms with Crippen LogP contribution in [0.3, 0.4) is 0 Å². The number of halogens is 3. The molecule has 1 saturated heterocycles. The van der Waals surface area contributed by atoms with Gasteiger partial charge < -0.3 is 15.0 Å². The maximum atomic E-state index is 13.5. The number of aryl methyl sites for hydroxylation is 1. The second kappa shape index (κ2) is 11.1. The van der Waals surface area contributed by atoms with Crippen molar-refractivity contribution in [3.63, 3.8) is 0 Å². The van der Waals surface area contributed by atoms with Crippen molar-refractivity contribution in [1.29, 1.82) is 0 Å². The SMILES string of the molecule is Cc1ccccc1-n1c(SCC(=O)Nc2cc(C(F)(F)F)ccc2N2CCOCC2)nc2ccccc2c1=O. The van der Waals surface area contributed by atoms with Gasteiger partial charge in [0.2, 0.25) is 5.91 Å². The van der Waals surface area contributed by atoms with Crippen LogP contribution in [0.5, 0.6) is 0 Å². The van der Waals surface area contributed by atoms with Crippen LogP contribution in [0.2, 0.25) is 0 Å². The number of carbonyl (C=O) groups is 1. The molecule has 0 saturated carbocycles. The fraction of sp³-hybridized carbons (Fsp3) is 0.250. The van der Waals surface area contributed by atoms with Gasteiger partial charge in [-0.25, -0.2) is 4.98 Å². The van der Waals surface area contributed by atoms with E-state index < -0.39 is 17.6 Å².